The Morgan fingerprint density at radius 3 is 1.93 bits per heavy atom. The second-order valence-corrected chi connectivity index (χ2v) is 11.6. The fraction of sp³-hybridized carbons (Fsp3) is 0. The van der Waals surface area contributed by atoms with Crippen molar-refractivity contribution in [3.63, 3.8) is 0 Å². The monoisotopic (exact) mass is 553 g/mol. The van der Waals surface area contributed by atoms with Crippen LogP contribution >= 0.6 is 11.3 Å². The highest BCUT2D eigenvalue weighted by molar-refractivity contribution is 7.26. The van der Waals surface area contributed by atoms with Crippen molar-refractivity contribution in [1.82, 2.24) is 0 Å². The van der Waals surface area contributed by atoms with E-state index in [9.17, 15) is 0 Å². The first kappa shape index (κ1) is 24.6. The molecule has 1 nitrogen and oxygen atoms in total. The molecule has 8 aromatic rings. The quantitative estimate of drug-likeness (QED) is 0.205. The van der Waals surface area contributed by atoms with E-state index in [0.717, 1.165) is 11.4 Å². The third-order valence-electron chi connectivity index (χ3n) is 8.06. The Bertz CT molecular complexity index is 2190. The first-order valence-corrected chi connectivity index (χ1v) is 15.1. The molecule has 0 atom stereocenters. The summed E-state index contributed by atoms with van der Waals surface area (Å²) >= 11 is 1.86. The van der Waals surface area contributed by atoms with E-state index in [0.29, 0.717) is 0 Å². The van der Waals surface area contributed by atoms with Crippen molar-refractivity contribution in [1.29, 1.82) is 0 Å². The van der Waals surface area contributed by atoms with Crippen molar-refractivity contribution in [3.8, 4) is 22.3 Å². The SMILES string of the molecule is c1ccc(N(c2ccc(-c3cccc(-c4cccc5ccccc45)c3)cc2)c2cccc3c2sc2ccccc23)cc1. The van der Waals surface area contributed by atoms with Gasteiger partial charge in [0.2, 0.25) is 0 Å². The van der Waals surface area contributed by atoms with Gasteiger partial charge in [0.1, 0.15) is 0 Å². The molecule has 0 saturated carbocycles. The molecule has 0 radical (unpaired) electrons. The number of nitrogens with zero attached hydrogens (tertiary/aromatic N) is 1. The van der Waals surface area contributed by atoms with Gasteiger partial charge in [0, 0.05) is 26.8 Å². The predicted molar refractivity (Wildman–Crippen MR) is 182 cm³/mol. The van der Waals surface area contributed by atoms with Gasteiger partial charge < -0.3 is 4.90 Å². The number of anilines is 3. The summed E-state index contributed by atoms with van der Waals surface area (Å²) in [5.41, 5.74) is 8.40. The Morgan fingerprint density at radius 2 is 1.05 bits per heavy atom. The van der Waals surface area contributed by atoms with Gasteiger partial charge >= 0.3 is 0 Å². The third-order valence-corrected chi connectivity index (χ3v) is 9.27. The van der Waals surface area contributed by atoms with Crippen molar-refractivity contribution in [3.05, 3.63) is 164 Å². The molecule has 0 amide bonds. The normalized spacial score (nSPS) is 11.3. The Kier molecular flexibility index (Phi) is 6.05. The number of fused-ring (bicyclic) bond motifs is 4. The van der Waals surface area contributed by atoms with Crippen LogP contribution in [-0.4, -0.2) is 0 Å². The highest BCUT2D eigenvalue weighted by atomic mass is 32.1. The molecule has 1 heterocycles. The topological polar surface area (TPSA) is 3.24 Å². The van der Waals surface area contributed by atoms with Crippen molar-refractivity contribution in [2.75, 3.05) is 4.90 Å². The molecule has 2 heteroatoms. The molecule has 0 aliphatic heterocycles. The summed E-state index contributed by atoms with van der Waals surface area (Å²) in [6.45, 7) is 0. The van der Waals surface area contributed by atoms with Crippen LogP contribution in [-0.2, 0) is 0 Å². The van der Waals surface area contributed by atoms with E-state index in [1.165, 1.54) is 58.9 Å². The van der Waals surface area contributed by atoms with Crippen LogP contribution in [0.2, 0.25) is 0 Å². The second-order valence-electron chi connectivity index (χ2n) is 10.6. The molecule has 7 aromatic carbocycles. The molecule has 0 bridgehead atoms. The summed E-state index contributed by atoms with van der Waals surface area (Å²) < 4.78 is 2.61. The first-order valence-electron chi connectivity index (χ1n) is 14.3. The van der Waals surface area contributed by atoms with Gasteiger partial charge in [0.25, 0.3) is 0 Å². The predicted octanol–water partition coefficient (Wildman–Crippen LogP) is 12.0. The van der Waals surface area contributed by atoms with Crippen LogP contribution in [0.3, 0.4) is 0 Å². The second kappa shape index (κ2) is 10.3. The lowest BCUT2D eigenvalue weighted by Crippen LogP contribution is -2.09. The average Bonchev–Trinajstić information content (AvgIpc) is 3.45. The first-order chi connectivity index (χ1) is 20.8. The van der Waals surface area contributed by atoms with Crippen molar-refractivity contribution < 1.29 is 0 Å². The molecule has 0 fully saturated rings. The maximum Gasteiger partial charge on any atom is 0.0640 e. The Morgan fingerprint density at radius 1 is 0.405 bits per heavy atom. The summed E-state index contributed by atoms with van der Waals surface area (Å²) in [4.78, 5) is 2.38. The van der Waals surface area contributed by atoms with E-state index in [1.54, 1.807) is 0 Å². The number of hydrogen-bond donors (Lipinski definition) is 0. The fourth-order valence-corrected chi connectivity index (χ4v) is 7.27. The Balaban J connectivity index is 1.22. The van der Waals surface area contributed by atoms with Crippen LogP contribution in [0.1, 0.15) is 0 Å². The minimum Gasteiger partial charge on any atom is -0.309 e. The molecular weight excluding hydrogens is 527 g/mol. The van der Waals surface area contributed by atoms with Crippen molar-refractivity contribution >= 4 is 59.3 Å². The third kappa shape index (κ3) is 4.25. The van der Waals surface area contributed by atoms with Crippen molar-refractivity contribution in [2.45, 2.75) is 0 Å². The molecule has 198 valence electrons. The zero-order valence-corrected chi connectivity index (χ0v) is 23.8. The molecule has 0 saturated heterocycles. The van der Waals surface area contributed by atoms with E-state index in [4.69, 9.17) is 0 Å². The van der Waals surface area contributed by atoms with Gasteiger partial charge in [-0.25, -0.2) is 0 Å². The molecule has 0 aliphatic carbocycles. The van der Waals surface area contributed by atoms with Gasteiger partial charge in [-0.3, -0.25) is 0 Å². The van der Waals surface area contributed by atoms with E-state index in [1.807, 2.05) is 11.3 Å². The van der Waals surface area contributed by atoms with Crippen LogP contribution in [0, 0.1) is 0 Å². The molecule has 42 heavy (non-hydrogen) atoms. The minimum atomic E-state index is 1.14. The summed E-state index contributed by atoms with van der Waals surface area (Å²) in [6, 6.07) is 59.1. The van der Waals surface area contributed by atoms with E-state index in [-0.39, 0.29) is 0 Å². The number of para-hydroxylation sites is 1. The van der Waals surface area contributed by atoms with Gasteiger partial charge in [0.05, 0.1) is 10.4 Å². The molecule has 8 rings (SSSR count). The maximum atomic E-state index is 2.38. The van der Waals surface area contributed by atoms with E-state index in [2.05, 4.69) is 169 Å². The zero-order chi connectivity index (χ0) is 27.9. The van der Waals surface area contributed by atoms with Crippen LogP contribution in [0.5, 0.6) is 0 Å². The molecular formula is C40H27NS. The number of thiophene rings is 1. The molecule has 0 N–H and O–H groups in total. The lowest BCUT2D eigenvalue weighted by atomic mass is 9.95. The van der Waals surface area contributed by atoms with E-state index >= 15 is 0 Å². The van der Waals surface area contributed by atoms with Gasteiger partial charge in [-0.2, -0.15) is 0 Å². The minimum absolute atomic E-state index is 1.14. The highest BCUT2D eigenvalue weighted by Gasteiger charge is 2.18. The Hall–Kier alpha value is -5.18. The summed E-state index contributed by atoms with van der Waals surface area (Å²) in [7, 11) is 0. The maximum absolute atomic E-state index is 2.38. The zero-order valence-electron chi connectivity index (χ0n) is 22.9. The van der Waals surface area contributed by atoms with Gasteiger partial charge in [-0.15, -0.1) is 11.3 Å². The molecule has 0 unspecified atom stereocenters. The lowest BCUT2D eigenvalue weighted by molar-refractivity contribution is 1.30. The van der Waals surface area contributed by atoms with Crippen molar-refractivity contribution in [2.24, 2.45) is 0 Å². The van der Waals surface area contributed by atoms with Crippen LogP contribution in [0.15, 0.2) is 164 Å². The molecule has 0 spiro atoms. The van der Waals surface area contributed by atoms with Crippen LogP contribution < -0.4 is 4.90 Å². The van der Waals surface area contributed by atoms with Crippen LogP contribution in [0.25, 0.3) is 53.2 Å². The standard InChI is InChI=1S/C40H27NS/c1-2-15-32(16-3-1)41(38-21-10-20-37-36-18-6-7-22-39(36)42-40(37)38)33-25-23-28(24-26-33)30-13-8-14-31(27-30)35-19-9-12-29-11-4-5-17-34(29)35/h1-27H. The fourth-order valence-electron chi connectivity index (χ4n) is 6.06. The van der Waals surface area contributed by atoms with Gasteiger partial charge in [-0.1, -0.05) is 121 Å². The summed E-state index contributed by atoms with van der Waals surface area (Å²) in [5.74, 6) is 0. The number of hydrogen-bond acceptors (Lipinski definition) is 2. The summed E-state index contributed by atoms with van der Waals surface area (Å²) in [6.07, 6.45) is 0. The number of rotatable bonds is 5. The Labute approximate surface area is 249 Å². The highest BCUT2D eigenvalue weighted by Crippen LogP contribution is 2.44. The molecule has 1 aromatic heterocycles. The van der Waals surface area contributed by atoms with Gasteiger partial charge in [0.15, 0.2) is 0 Å². The van der Waals surface area contributed by atoms with E-state index < -0.39 is 0 Å². The van der Waals surface area contributed by atoms with Crippen LogP contribution in [0.4, 0.5) is 17.1 Å². The average molecular weight is 554 g/mol. The lowest BCUT2D eigenvalue weighted by Gasteiger charge is -2.26. The molecule has 0 aliphatic rings. The smallest absolute Gasteiger partial charge is 0.0640 e. The largest absolute Gasteiger partial charge is 0.309 e. The summed E-state index contributed by atoms with van der Waals surface area (Å²) in [5, 5.41) is 5.16. The number of benzene rings is 7. The van der Waals surface area contributed by atoms with Gasteiger partial charge in [-0.05, 0) is 75.5 Å².